The molecule has 0 radical (unpaired) electrons. The summed E-state index contributed by atoms with van der Waals surface area (Å²) < 4.78 is 1.23. The molecule has 1 aliphatic heterocycles. The summed E-state index contributed by atoms with van der Waals surface area (Å²) in [5.41, 5.74) is 5.58. The number of nitrogens with zero attached hydrogens (tertiary/aromatic N) is 3. The maximum Gasteiger partial charge on any atom is 0.253 e. The van der Waals surface area contributed by atoms with Gasteiger partial charge in [-0.05, 0) is 54.3 Å². The van der Waals surface area contributed by atoms with Crippen LogP contribution in [0.5, 0.6) is 0 Å². The SMILES string of the molecule is Cc1ccc2nc(N3CCN(C(=O)c4ccc(Cc5ccccc5)cc4)CC3)sc2c1. The Balaban J connectivity index is 1.21. The van der Waals surface area contributed by atoms with E-state index in [1.807, 2.05) is 23.1 Å². The highest BCUT2D eigenvalue weighted by Crippen LogP contribution is 2.30. The van der Waals surface area contributed by atoms with Gasteiger partial charge in [-0.25, -0.2) is 4.98 Å². The third-order valence-corrected chi connectivity index (χ3v) is 6.90. The van der Waals surface area contributed by atoms with E-state index in [9.17, 15) is 4.79 Å². The summed E-state index contributed by atoms with van der Waals surface area (Å²) in [5.74, 6) is 0.117. The standard InChI is InChI=1S/C26H25N3OS/c1-19-7-12-23-24(17-19)31-26(27-23)29-15-13-28(14-16-29)25(30)22-10-8-21(9-11-22)18-20-5-3-2-4-6-20/h2-12,17H,13-16,18H2,1H3. The van der Waals surface area contributed by atoms with Crippen LogP contribution in [0.3, 0.4) is 0 Å². The second-order valence-corrected chi connectivity index (χ2v) is 9.12. The molecule has 0 aliphatic carbocycles. The molecule has 31 heavy (non-hydrogen) atoms. The number of benzene rings is 3. The van der Waals surface area contributed by atoms with Crippen LogP contribution in [0, 0.1) is 6.92 Å². The van der Waals surface area contributed by atoms with Crippen LogP contribution in [0.15, 0.2) is 72.8 Å². The van der Waals surface area contributed by atoms with Crippen LogP contribution < -0.4 is 4.90 Å². The lowest BCUT2D eigenvalue weighted by molar-refractivity contribution is 0.0747. The summed E-state index contributed by atoms with van der Waals surface area (Å²) in [5, 5.41) is 1.05. The Kier molecular flexibility index (Phi) is 5.43. The van der Waals surface area contributed by atoms with Crippen LogP contribution in [0.1, 0.15) is 27.0 Å². The van der Waals surface area contributed by atoms with Crippen LogP contribution in [0.2, 0.25) is 0 Å². The summed E-state index contributed by atoms with van der Waals surface area (Å²) >= 11 is 1.74. The molecule has 2 heterocycles. The van der Waals surface area contributed by atoms with Gasteiger partial charge in [0.05, 0.1) is 10.2 Å². The van der Waals surface area contributed by atoms with Gasteiger partial charge in [-0.3, -0.25) is 4.79 Å². The molecule has 0 atom stereocenters. The van der Waals surface area contributed by atoms with Gasteiger partial charge in [0.1, 0.15) is 0 Å². The van der Waals surface area contributed by atoms with Crippen LogP contribution in [-0.2, 0) is 6.42 Å². The lowest BCUT2D eigenvalue weighted by atomic mass is 10.0. The van der Waals surface area contributed by atoms with Gasteiger partial charge in [-0.2, -0.15) is 0 Å². The zero-order valence-electron chi connectivity index (χ0n) is 17.6. The summed E-state index contributed by atoms with van der Waals surface area (Å²) in [6.07, 6.45) is 0.885. The number of carbonyl (C=O) groups excluding carboxylic acids is 1. The number of thiazole rings is 1. The van der Waals surface area contributed by atoms with Crippen molar-refractivity contribution in [1.29, 1.82) is 0 Å². The zero-order chi connectivity index (χ0) is 21.2. The molecule has 0 N–H and O–H groups in total. The van der Waals surface area contributed by atoms with Gasteiger partial charge in [0, 0.05) is 31.7 Å². The van der Waals surface area contributed by atoms with Gasteiger partial charge in [0.2, 0.25) is 0 Å². The van der Waals surface area contributed by atoms with Crippen LogP contribution in [0.25, 0.3) is 10.2 Å². The molecule has 1 aromatic heterocycles. The maximum atomic E-state index is 13.0. The second kappa shape index (κ2) is 8.52. The van der Waals surface area contributed by atoms with E-state index in [2.05, 4.69) is 66.4 Å². The van der Waals surface area contributed by atoms with E-state index >= 15 is 0 Å². The fourth-order valence-electron chi connectivity index (χ4n) is 4.04. The highest BCUT2D eigenvalue weighted by Gasteiger charge is 2.24. The Hall–Kier alpha value is -3.18. The Morgan fingerprint density at radius 3 is 2.35 bits per heavy atom. The number of hydrogen-bond donors (Lipinski definition) is 0. The van der Waals surface area contributed by atoms with Crippen molar-refractivity contribution in [1.82, 2.24) is 9.88 Å². The van der Waals surface area contributed by atoms with Crippen LogP contribution >= 0.6 is 11.3 Å². The van der Waals surface area contributed by atoms with E-state index < -0.39 is 0 Å². The minimum Gasteiger partial charge on any atom is -0.345 e. The third kappa shape index (κ3) is 4.32. The number of piperazine rings is 1. The molecule has 1 saturated heterocycles. The average Bonchev–Trinajstić information content (AvgIpc) is 3.23. The molecule has 3 aromatic carbocycles. The first kappa shape index (κ1) is 19.8. The van der Waals surface area contributed by atoms with Gasteiger partial charge in [-0.1, -0.05) is 59.9 Å². The normalized spacial score (nSPS) is 14.2. The molecule has 1 fully saturated rings. The maximum absolute atomic E-state index is 13.0. The molecule has 5 heteroatoms. The number of hydrogen-bond acceptors (Lipinski definition) is 4. The third-order valence-electron chi connectivity index (χ3n) is 5.82. The first-order chi connectivity index (χ1) is 15.2. The summed E-state index contributed by atoms with van der Waals surface area (Å²) in [7, 11) is 0. The van der Waals surface area contributed by atoms with E-state index in [0.29, 0.717) is 0 Å². The van der Waals surface area contributed by atoms with Crippen molar-refractivity contribution in [2.75, 3.05) is 31.1 Å². The quantitative estimate of drug-likeness (QED) is 0.451. The Bertz CT molecular complexity index is 1190. The molecule has 5 rings (SSSR count). The topological polar surface area (TPSA) is 36.4 Å². The second-order valence-electron chi connectivity index (χ2n) is 8.11. The van der Waals surface area contributed by atoms with Crippen molar-refractivity contribution >= 4 is 32.6 Å². The van der Waals surface area contributed by atoms with Crippen molar-refractivity contribution in [3.63, 3.8) is 0 Å². The molecule has 4 aromatic rings. The minimum atomic E-state index is 0.117. The van der Waals surface area contributed by atoms with Crippen molar-refractivity contribution in [2.45, 2.75) is 13.3 Å². The molecule has 4 nitrogen and oxygen atoms in total. The van der Waals surface area contributed by atoms with Gasteiger partial charge < -0.3 is 9.80 Å². The van der Waals surface area contributed by atoms with Crippen molar-refractivity contribution in [3.8, 4) is 0 Å². The molecule has 156 valence electrons. The molecule has 0 saturated carbocycles. The first-order valence-corrected chi connectivity index (χ1v) is 11.5. The number of fused-ring (bicyclic) bond motifs is 1. The van der Waals surface area contributed by atoms with Gasteiger partial charge in [0.25, 0.3) is 5.91 Å². The van der Waals surface area contributed by atoms with Crippen molar-refractivity contribution in [2.24, 2.45) is 0 Å². The molecular weight excluding hydrogens is 402 g/mol. The number of amides is 1. The molecular formula is C26H25N3OS. The molecule has 1 amide bonds. The molecule has 0 spiro atoms. The molecule has 1 aliphatic rings. The first-order valence-electron chi connectivity index (χ1n) is 10.7. The highest BCUT2D eigenvalue weighted by molar-refractivity contribution is 7.22. The van der Waals surface area contributed by atoms with Crippen molar-refractivity contribution in [3.05, 3.63) is 95.1 Å². The number of aryl methyl sites for hydroxylation is 1. The van der Waals surface area contributed by atoms with Crippen LogP contribution in [-0.4, -0.2) is 42.0 Å². The average molecular weight is 428 g/mol. The van der Waals surface area contributed by atoms with Gasteiger partial charge in [-0.15, -0.1) is 0 Å². The number of anilines is 1. The van der Waals surface area contributed by atoms with Crippen molar-refractivity contribution < 1.29 is 4.79 Å². The van der Waals surface area contributed by atoms with E-state index in [0.717, 1.165) is 48.8 Å². The predicted octanol–water partition coefficient (Wildman–Crippen LogP) is 5.16. The van der Waals surface area contributed by atoms with E-state index in [1.54, 1.807) is 11.3 Å². The van der Waals surface area contributed by atoms with Gasteiger partial charge in [0.15, 0.2) is 5.13 Å². The summed E-state index contributed by atoms with van der Waals surface area (Å²) in [4.78, 5) is 22.0. The number of carbonyl (C=O) groups is 1. The zero-order valence-corrected chi connectivity index (χ0v) is 18.4. The molecule has 0 bridgehead atoms. The monoisotopic (exact) mass is 427 g/mol. The van der Waals surface area contributed by atoms with E-state index in [4.69, 9.17) is 4.98 Å². The summed E-state index contributed by atoms with van der Waals surface area (Å²) in [6, 6.07) is 24.9. The molecule has 0 unspecified atom stereocenters. The fraction of sp³-hybridized carbons (Fsp3) is 0.231. The highest BCUT2D eigenvalue weighted by atomic mass is 32.1. The predicted molar refractivity (Wildman–Crippen MR) is 128 cm³/mol. The minimum absolute atomic E-state index is 0.117. The van der Waals surface area contributed by atoms with E-state index in [1.165, 1.54) is 21.4 Å². The number of aromatic nitrogens is 1. The van der Waals surface area contributed by atoms with E-state index in [-0.39, 0.29) is 5.91 Å². The lowest BCUT2D eigenvalue weighted by Crippen LogP contribution is -2.48. The van der Waals surface area contributed by atoms with Crippen LogP contribution in [0.4, 0.5) is 5.13 Å². The Morgan fingerprint density at radius 1 is 0.903 bits per heavy atom. The lowest BCUT2D eigenvalue weighted by Gasteiger charge is -2.34. The van der Waals surface area contributed by atoms with Gasteiger partial charge >= 0.3 is 0 Å². The smallest absolute Gasteiger partial charge is 0.253 e. The Morgan fingerprint density at radius 2 is 1.61 bits per heavy atom. The fourth-order valence-corrected chi connectivity index (χ4v) is 5.15. The number of rotatable bonds is 4. The Labute approximate surface area is 186 Å². The largest absolute Gasteiger partial charge is 0.345 e. The summed E-state index contributed by atoms with van der Waals surface area (Å²) in [6.45, 7) is 5.18.